The fraction of sp³-hybridized carbons (Fsp3) is 0.250. The molecule has 0 aliphatic rings. The average Bonchev–Trinajstić information content (AvgIpc) is 2.41. The van der Waals surface area contributed by atoms with Crippen molar-refractivity contribution < 1.29 is 23.1 Å². The SMILES string of the molecule is Cc1sc(C)c(S(=O)(=O)N=C=O)c1C(=O)O. The summed E-state index contributed by atoms with van der Waals surface area (Å²) in [6, 6.07) is 0. The lowest BCUT2D eigenvalue weighted by Crippen LogP contribution is -2.06. The Hall–Kier alpha value is -1.50. The summed E-state index contributed by atoms with van der Waals surface area (Å²) in [5, 5.41) is 8.89. The maximum atomic E-state index is 11.5. The minimum absolute atomic E-state index is 0.286. The van der Waals surface area contributed by atoms with E-state index in [1.54, 1.807) is 0 Å². The molecule has 0 radical (unpaired) electrons. The fourth-order valence-electron chi connectivity index (χ4n) is 1.32. The number of carboxylic acids is 1. The molecular formula is C8H7NO5S2. The van der Waals surface area contributed by atoms with Gasteiger partial charge in [-0.1, -0.05) is 4.40 Å². The van der Waals surface area contributed by atoms with Crippen LogP contribution in [-0.2, 0) is 14.8 Å². The van der Waals surface area contributed by atoms with Crippen molar-refractivity contribution >= 4 is 33.4 Å². The molecule has 0 atom stereocenters. The molecule has 16 heavy (non-hydrogen) atoms. The van der Waals surface area contributed by atoms with Crippen molar-refractivity contribution in [2.24, 2.45) is 4.40 Å². The van der Waals surface area contributed by atoms with Crippen LogP contribution in [0.5, 0.6) is 0 Å². The molecule has 0 unspecified atom stereocenters. The van der Waals surface area contributed by atoms with Gasteiger partial charge >= 0.3 is 5.97 Å². The van der Waals surface area contributed by atoms with Crippen LogP contribution in [0.4, 0.5) is 0 Å². The Morgan fingerprint density at radius 1 is 1.38 bits per heavy atom. The Labute approximate surface area is 95.3 Å². The van der Waals surface area contributed by atoms with Gasteiger partial charge in [-0.3, -0.25) is 0 Å². The van der Waals surface area contributed by atoms with Gasteiger partial charge in [0.05, 0.1) is 5.56 Å². The number of sulfonamides is 1. The van der Waals surface area contributed by atoms with E-state index in [9.17, 15) is 18.0 Å². The van der Waals surface area contributed by atoms with E-state index in [-0.39, 0.29) is 10.4 Å². The normalized spacial score (nSPS) is 10.9. The first-order valence-corrected chi connectivity index (χ1v) is 6.24. The first-order valence-electron chi connectivity index (χ1n) is 3.98. The molecule has 0 fully saturated rings. The van der Waals surface area contributed by atoms with Gasteiger partial charge in [-0.2, -0.15) is 8.42 Å². The van der Waals surface area contributed by atoms with Gasteiger partial charge in [0.25, 0.3) is 16.1 Å². The summed E-state index contributed by atoms with van der Waals surface area (Å²) in [4.78, 5) is 21.1. The lowest BCUT2D eigenvalue weighted by atomic mass is 10.2. The molecule has 1 heterocycles. The third-order valence-corrected chi connectivity index (χ3v) is 4.33. The lowest BCUT2D eigenvalue weighted by molar-refractivity contribution is 0.0692. The molecule has 6 nitrogen and oxygen atoms in total. The Balaban J connectivity index is 3.69. The third kappa shape index (κ3) is 2.04. The third-order valence-electron chi connectivity index (χ3n) is 1.83. The number of carbonyl (C=O) groups excluding carboxylic acids is 1. The van der Waals surface area contributed by atoms with Gasteiger partial charge in [-0.25, -0.2) is 9.59 Å². The van der Waals surface area contributed by atoms with E-state index in [1.807, 2.05) is 0 Å². The molecule has 0 saturated carbocycles. The Morgan fingerprint density at radius 2 is 1.94 bits per heavy atom. The molecule has 0 bridgehead atoms. The smallest absolute Gasteiger partial charge is 0.338 e. The molecular weight excluding hydrogens is 254 g/mol. The summed E-state index contributed by atoms with van der Waals surface area (Å²) < 4.78 is 25.7. The molecule has 0 amide bonds. The van der Waals surface area contributed by atoms with Crippen molar-refractivity contribution in [1.29, 1.82) is 0 Å². The van der Waals surface area contributed by atoms with Crippen molar-refractivity contribution in [1.82, 2.24) is 0 Å². The second-order valence-electron chi connectivity index (χ2n) is 2.88. The van der Waals surface area contributed by atoms with Gasteiger partial charge in [0.1, 0.15) is 4.90 Å². The van der Waals surface area contributed by atoms with Crippen LogP contribution < -0.4 is 0 Å². The van der Waals surface area contributed by atoms with Crippen LogP contribution in [0.15, 0.2) is 9.29 Å². The summed E-state index contributed by atoms with van der Waals surface area (Å²) in [6.45, 7) is 2.95. The predicted molar refractivity (Wildman–Crippen MR) is 56.1 cm³/mol. The highest BCUT2D eigenvalue weighted by Crippen LogP contribution is 2.32. The van der Waals surface area contributed by atoms with Crippen LogP contribution in [0.25, 0.3) is 0 Å². The maximum absolute atomic E-state index is 11.5. The molecule has 1 rings (SSSR count). The van der Waals surface area contributed by atoms with Crippen LogP contribution in [0.1, 0.15) is 20.1 Å². The number of isocyanates is 1. The number of carbonyl (C=O) groups is 1. The number of aromatic carboxylic acids is 1. The van der Waals surface area contributed by atoms with Crippen LogP contribution in [-0.4, -0.2) is 25.6 Å². The van der Waals surface area contributed by atoms with Gasteiger partial charge in [0, 0.05) is 9.75 Å². The standard InChI is InChI=1S/C8H7NO5S2/c1-4-6(8(11)12)7(5(2)15-4)16(13,14)9-3-10/h1-2H3,(H,11,12). The van der Waals surface area contributed by atoms with Crippen LogP contribution >= 0.6 is 11.3 Å². The van der Waals surface area contributed by atoms with Crippen LogP contribution in [0, 0.1) is 13.8 Å². The van der Waals surface area contributed by atoms with Crippen molar-refractivity contribution in [2.75, 3.05) is 0 Å². The highest BCUT2D eigenvalue weighted by Gasteiger charge is 2.28. The zero-order valence-corrected chi connectivity index (χ0v) is 9.98. The summed E-state index contributed by atoms with van der Waals surface area (Å²) in [5.41, 5.74) is -0.332. The van der Waals surface area contributed by atoms with Gasteiger partial charge in [0.2, 0.25) is 0 Å². The highest BCUT2D eigenvalue weighted by atomic mass is 32.2. The number of thiophene rings is 1. The number of carboxylic acid groups (broad SMARTS) is 1. The topological polar surface area (TPSA) is 101 Å². The van der Waals surface area contributed by atoms with E-state index in [2.05, 4.69) is 4.40 Å². The molecule has 0 aliphatic carbocycles. The van der Waals surface area contributed by atoms with E-state index in [4.69, 9.17) is 5.11 Å². The highest BCUT2D eigenvalue weighted by molar-refractivity contribution is 7.90. The number of aryl methyl sites for hydroxylation is 2. The molecule has 0 spiro atoms. The minimum atomic E-state index is -4.26. The van der Waals surface area contributed by atoms with E-state index in [1.165, 1.54) is 13.8 Å². The molecule has 8 heteroatoms. The quantitative estimate of drug-likeness (QED) is 0.648. The van der Waals surface area contributed by atoms with E-state index in [0.29, 0.717) is 4.88 Å². The van der Waals surface area contributed by atoms with Gasteiger partial charge < -0.3 is 5.11 Å². The predicted octanol–water partition coefficient (Wildman–Crippen LogP) is 1.09. The molecule has 86 valence electrons. The first-order chi connectivity index (χ1) is 7.31. The monoisotopic (exact) mass is 261 g/mol. The van der Waals surface area contributed by atoms with E-state index < -0.39 is 20.9 Å². The van der Waals surface area contributed by atoms with Crippen molar-refractivity contribution in [3.05, 3.63) is 15.3 Å². The Morgan fingerprint density at radius 3 is 2.38 bits per heavy atom. The number of rotatable bonds is 3. The second-order valence-corrected chi connectivity index (χ2v) is 5.85. The van der Waals surface area contributed by atoms with Crippen molar-refractivity contribution in [3.8, 4) is 0 Å². The Bertz CT molecular complexity index is 592. The summed E-state index contributed by atoms with van der Waals surface area (Å²) in [5.74, 6) is -1.36. The average molecular weight is 261 g/mol. The fourth-order valence-corrected chi connectivity index (χ4v) is 3.82. The Kier molecular flexibility index (Phi) is 3.27. The van der Waals surface area contributed by atoms with Crippen molar-refractivity contribution in [3.63, 3.8) is 0 Å². The first kappa shape index (κ1) is 12.6. The van der Waals surface area contributed by atoms with Gasteiger partial charge in [-0.15, -0.1) is 11.3 Å². The largest absolute Gasteiger partial charge is 0.478 e. The molecule has 1 N–H and O–H groups in total. The zero-order valence-electron chi connectivity index (χ0n) is 8.34. The number of hydrogen-bond donors (Lipinski definition) is 1. The number of hydrogen-bond acceptors (Lipinski definition) is 5. The second kappa shape index (κ2) is 4.17. The molecule has 0 aromatic carbocycles. The van der Waals surface area contributed by atoms with E-state index >= 15 is 0 Å². The van der Waals surface area contributed by atoms with E-state index in [0.717, 1.165) is 17.4 Å². The minimum Gasteiger partial charge on any atom is -0.478 e. The summed E-state index contributed by atoms with van der Waals surface area (Å²) in [6.07, 6.45) is 0.908. The molecule has 0 saturated heterocycles. The summed E-state index contributed by atoms with van der Waals surface area (Å²) in [7, 11) is -4.26. The van der Waals surface area contributed by atoms with Gasteiger partial charge in [0.15, 0.2) is 0 Å². The zero-order chi connectivity index (χ0) is 12.5. The molecule has 1 aromatic heterocycles. The lowest BCUT2D eigenvalue weighted by Gasteiger charge is -1.98. The summed E-state index contributed by atoms with van der Waals surface area (Å²) >= 11 is 1.03. The molecule has 1 aromatic rings. The molecule has 0 aliphatic heterocycles. The maximum Gasteiger partial charge on any atom is 0.338 e. The van der Waals surface area contributed by atoms with Crippen molar-refractivity contribution in [2.45, 2.75) is 18.7 Å². The number of nitrogens with zero attached hydrogens (tertiary/aromatic N) is 1. The van der Waals surface area contributed by atoms with Gasteiger partial charge in [-0.05, 0) is 13.8 Å². The van der Waals surface area contributed by atoms with Crippen LogP contribution in [0.3, 0.4) is 0 Å². The van der Waals surface area contributed by atoms with Crippen LogP contribution in [0.2, 0.25) is 0 Å².